The fraction of sp³-hybridized carbons (Fsp3) is 0.471. The molecular formula is C17H22N4O. The molecule has 2 aromatic rings. The van der Waals surface area contributed by atoms with Gasteiger partial charge >= 0.3 is 0 Å². The van der Waals surface area contributed by atoms with Crippen molar-refractivity contribution in [3.8, 4) is 0 Å². The van der Waals surface area contributed by atoms with Crippen molar-refractivity contribution in [3.63, 3.8) is 0 Å². The van der Waals surface area contributed by atoms with Crippen LogP contribution in [-0.4, -0.2) is 29.0 Å². The summed E-state index contributed by atoms with van der Waals surface area (Å²) in [6, 6.07) is 5.86. The van der Waals surface area contributed by atoms with Gasteiger partial charge in [0.15, 0.2) is 0 Å². The highest BCUT2D eigenvalue weighted by molar-refractivity contribution is 5.96. The first kappa shape index (κ1) is 14.8. The minimum atomic E-state index is -0.0370. The predicted octanol–water partition coefficient (Wildman–Crippen LogP) is 3.21. The Morgan fingerprint density at radius 2 is 1.95 bits per heavy atom. The minimum absolute atomic E-state index is 0.0182. The highest BCUT2D eigenvalue weighted by Gasteiger charge is 2.15. The van der Waals surface area contributed by atoms with Gasteiger partial charge in [0.25, 0.3) is 0 Å². The lowest BCUT2D eigenvalue weighted by Crippen LogP contribution is -2.30. The van der Waals surface area contributed by atoms with Gasteiger partial charge in [0, 0.05) is 30.1 Å². The van der Waals surface area contributed by atoms with Crippen LogP contribution in [0.2, 0.25) is 0 Å². The van der Waals surface area contributed by atoms with E-state index in [2.05, 4.69) is 20.2 Å². The zero-order valence-electron chi connectivity index (χ0n) is 13.2. The summed E-state index contributed by atoms with van der Waals surface area (Å²) >= 11 is 0. The molecule has 1 amide bonds. The molecule has 2 heterocycles. The van der Waals surface area contributed by atoms with Crippen molar-refractivity contribution < 1.29 is 4.79 Å². The van der Waals surface area contributed by atoms with Crippen LogP contribution in [0.1, 0.15) is 33.1 Å². The van der Waals surface area contributed by atoms with Crippen LogP contribution in [0.15, 0.2) is 24.5 Å². The van der Waals surface area contributed by atoms with Gasteiger partial charge < -0.3 is 10.2 Å². The van der Waals surface area contributed by atoms with Crippen LogP contribution in [0.5, 0.6) is 0 Å². The molecule has 1 aliphatic heterocycles. The van der Waals surface area contributed by atoms with Gasteiger partial charge in [0.1, 0.15) is 12.1 Å². The Bertz CT molecular complexity index is 677. The highest BCUT2D eigenvalue weighted by Crippen LogP contribution is 2.27. The van der Waals surface area contributed by atoms with Crippen molar-refractivity contribution in [1.82, 2.24) is 9.97 Å². The summed E-state index contributed by atoms with van der Waals surface area (Å²) in [5, 5.41) is 3.97. The van der Waals surface area contributed by atoms with Gasteiger partial charge in [0.05, 0.1) is 5.52 Å². The molecule has 0 atom stereocenters. The summed E-state index contributed by atoms with van der Waals surface area (Å²) in [6.07, 6.45) is 5.34. The van der Waals surface area contributed by atoms with Crippen LogP contribution in [0.4, 0.5) is 11.5 Å². The Morgan fingerprint density at radius 1 is 1.18 bits per heavy atom. The topological polar surface area (TPSA) is 58.1 Å². The van der Waals surface area contributed by atoms with Gasteiger partial charge in [-0.15, -0.1) is 0 Å². The van der Waals surface area contributed by atoms with Crippen molar-refractivity contribution in [1.29, 1.82) is 0 Å². The molecular weight excluding hydrogens is 276 g/mol. The number of aromatic nitrogens is 2. The maximum Gasteiger partial charge on any atom is 0.226 e. The first-order valence-corrected chi connectivity index (χ1v) is 7.96. The molecule has 0 saturated carbocycles. The zero-order chi connectivity index (χ0) is 15.5. The van der Waals surface area contributed by atoms with E-state index < -0.39 is 0 Å². The van der Waals surface area contributed by atoms with E-state index in [0.29, 0.717) is 0 Å². The van der Waals surface area contributed by atoms with Crippen LogP contribution in [0, 0.1) is 5.92 Å². The standard InChI is InChI=1S/C17H22N4O/c1-12(2)17(22)20-13-6-7-14-15(10-13)18-11-19-16(14)21-8-4-3-5-9-21/h6-7,10-12H,3-5,8-9H2,1-2H3,(H,20,22). The molecule has 1 aliphatic rings. The van der Waals surface area contributed by atoms with Crippen molar-refractivity contribution in [2.24, 2.45) is 5.92 Å². The Kier molecular flexibility index (Phi) is 4.22. The normalized spacial score (nSPS) is 15.3. The number of amides is 1. The first-order chi connectivity index (χ1) is 10.6. The van der Waals surface area contributed by atoms with Crippen LogP contribution >= 0.6 is 0 Å². The maximum absolute atomic E-state index is 11.8. The number of nitrogens with one attached hydrogen (secondary N) is 1. The Balaban J connectivity index is 1.91. The average molecular weight is 298 g/mol. The lowest BCUT2D eigenvalue weighted by atomic mass is 10.1. The average Bonchev–Trinajstić information content (AvgIpc) is 2.54. The number of carbonyl (C=O) groups is 1. The van der Waals surface area contributed by atoms with Crippen LogP contribution in [0.3, 0.4) is 0 Å². The molecule has 1 saturated heterocycles. The van der Waals surface area contributed by atoms with E-state index in [0.717, 1.165) is 35.5 Å². The summed E-state index contributed by atoms with van der Waals surface area (Å²) in [5.41, 5.74) is 1.66. The van der Waals surface area contributed by atoms with E-state index >= 15 is 0 Å². The third-order valence-electron chi connectivity index (χ3n) is 4.06. The molecule has 22 heavy (non-hydrogen) atoms. The summed E-state index contributed by atoms with van der Waals surface area (Å²) < 4.78 is 0. The van der Waals surface area contributed by atoms with Crippen molar-refractivity contribution in [3.05, 3.63) is 24.5 Å². The van der Waals surface area contributed by atoms with Crippen molar-refractivity contribution in [2.75, 3.05) is 23.3 Å². The van der Waals surface area contributed by atoms with Crippen LogP contribution in [0.25, 0.3) is 10.9 Å². The summed E-state index contributed by atoms with van der Waals surface area (Å²) in [6.45, 7) is 5.87. The molecule has 1 N–H and O–H groups in total. The van der Waals surface area contributed by atoms with E-state index in [4.69, 9.17) is 0 Å². The molecule has 0 spiro atoms. The number of benzene rings is 1. The number of rotatable bonds is 3. The number of hydrogen-bond acceptors (Lipinski definition) is 4. The van der Waals surface area contributed by atoms with E-state index in [1.807, 2.05) is 32.0 Å². The largest absolute Gasteiger partial charge is 0.356 e. The van der Waals surface area contributed by atoms with Crippen LogP contribution < -0.4 is 10.2 Å². The van der Waals surface area contributed by atoms with Gasteiger partial charge in [-0.25, -0.2) is 9.97 Å². The third kappa shape index (κ3) is 3.03. The van der Waals surface area contributed by atoms with Crippen molar-refractivity contribution >= 4 is 28.3 Å². The lowest BCUT2D eigenvalue weighted by molar-refractivity contribution is -0.118. The molecule has 116 valence electrons. The molecule has 5 nitrogen and oxygen atoms in total. The number of nitrogens with zero attached hydrogens (tertiary/aromatic N) is 3. The summed E-state index contributed by atoms with van der Waals surface area (Å²) in [7, 11) is 0. The van der Waals surface area contributed by atoms with Crippen molar-refractivity contribution in [2.45, 2.75) is 33.1 Å². The Hall–Kier alpha value is -2.17. The van der Waals surface area contributed by atoms with E-state index in [1.165, 1.54) is 19.3 Å². The number of hydrogen-bond donors (Lipinski definition) is 1. The zero-order valence-corrected chi connectivity index (χ0v) is 13.2. The molecule has 1 fully saturated rings. The fourth-order valence-corrected chi connectivity index (χ4v) is 2.76. The van der Waals surface area contributed by atoms with Crippen LogP contribution in [-0.2, 0) is 4.79 Å². The Morgan fingerprint density at radius 3 is 2.68 bits per heavy atom. The number of carbonyl (C=O) groups excluding carboxylic acids is 1. The van der Waals surface area contributed by atoms with E-state index in [-0.39, 0.29) is 11.8 Å². The molecule has 0 bridgehead atoms. The monoisotopic (exact) mass is 298 g/mol. The smallest absolute Gasteiger partial charge is 0.226 e. The minimum Gasteiger partial charge on any atom is -0.356 e. The molecule has 3 rings (SSSR count). The Labute approximate surface area is 130 Å². The second-order valence-electron chi connectivity index (χ2n) is 6.12. The molecule has 1 aromatic carbocycles. The van der Waals surface area contributed by atoms with Gasteiger partial charge in [0.2, 0.25) is 5.91 Å². The quantitative estimate of drug-likeness (QED) is 0.945. The highest BCUT2D eigenvalue weighted by atomic mass is 16.1. The second kappa shape index (κ2) is 6.30. The van der Waals surface area contributed by atoms with Gasteiger partial charge in [-0.05, 0) is 37.5 Å². The molecule has 0 unspecified atom stereocenters. The molecule has 0 radical (unpaired) electrons. The SMILES string of the molecule is CC(C)C(=O)Nc1ccc2c(N3CCCCC3)ncnc2c1. The summed E-state index contributed by atoms with van der Waals surface area (Å²) in [4.78, 5) is 23.0. The molecule has 5 heteroatoms. The number of anilines is 2. The maximum atomic E-state index is 11.8. The molecule has 1 aromatic heterocycles. The predicted molar refractivity (Wildman–Crippen MR) is 89.1 cm³/mol. The molecule has 0 aliphatic carbocycles. The number of piperidine rings is 1. The first-order valence-electron chi connectivity index (χ1n) is 7.96. The lowest BCUT2D eigenvalue weighted by Gasteiger charge is -2.28. The third-order valence-corrected chi connectivity index (χ3v) is 4.06. The van der Waals surface area contributed by atoms with Gasteiger partial charge in [-0.2, -0.15) is 0 Å². The second-order valence-corrected chi connectivity index (χ2v) is 6.12. The number of fused-ring (bicyclic) bond motifs is 1. The van der Waals surface area contributed by atoms with Gasteiger partial charge in [-0.1, -0.05) is 13.8 Å². The summed E-state index contributed by atoms with van der Waals surface area (Å²) in [5.74, 6) is 0.987. The van der Waals surface area contributed by atoms with Gasteiger partial charge in [-0.3, -0.25) is 4.79 Å². The fourth-order valence-electron chi connectivity index (χ4n) is 2.76. The van der Waals surface area contributed by atoms with E-state index in [1.54, 1.807) is 6.33 Å². The van der Waals surface area contributed by atoms with E-state index in [9.17, 15) is 4.79 Å².